The zero-order valence-corrected chi connectivity index (χ0v) is 14.2. The molecule has 4 heteroatoms. The van der Waals surface area contributed by atoms with E-state index in [1.807, 2.05) is 12.1 Å². The summed E-state index contributed by atoms with van der Waals surface area (Å²) in [4.78, 5) is 16.3. The number of nitrogens with zero attached hydrogens (tertiary/aromatic N) is 1. The van der Waals surface area contributed by atoms with E-state index in [4.69, 9.17) is 0 Å². The van der Waals surface area contributed by atoms with Gasteiger partial charge in [0.2, 0.25) is 5.91 Å². The molecule has 2 N–H and O–H groups in total. The third-order valence-corrected chi connectivity index (χ3v) is 4.46. The standard InChI is InChI=1S/C18H29N3O/c1-13(21-18(2,3)4)14-5-7-15(8-6-14)17(22)20-16-9-11-19-12-10-16/h9-15,21H,5-8H2,1-4H3,(H,19,20,22)/t13?,14-,15-. The minimum absolute atomic E-state index is 0.145. The molecule has 1 amide bonds. The molecule has 0 spiro atoms. The lowest BCUT2D eigenvalue weighted by Gasteiger charge is -2.35. The lowest BCUT2D eigenvalue weighted by atomic mass is 9.78. The molecule has 1 saturated carbocycles. The van der Waals surface area contributed by atoms with E-state index in [0.717, 1.165) is 31.4 Å². The van der Waals surface area contributed by atoms with E-state index in [1.54, 1.807) is 12.4 Å². The third kappa shape index (κ3) is 5.09. The summed E-state index contributed by atoms with van der Waals surface area (Å²) in [5, 5.41) is 6.66. The summed E-state index contributed by atoms with van der Waals surface area (Å²) in [5.74, 6) is 0.969. The molecule has 22 heavy (non-hydrogen) atoms. The number of carbonyl (C=O) groups is 1. The summed E-state index contributed by atoms with van der Waals surface area (Å²) in [7, 11) is 0. The van der Waals surface area contributed by atoms with Crippen LogP contribution in [0, 0.1) is 11.8 Å². The van der Waals surface area contributed by atoms with Crippen LogP contribution < -0.4 is 10.6 Å². The van der Waals surface area contributed by atoms with Gasteiger partial charge in [-0.2, -0.15) is 0 Å². The molecule has 1 fully saturated rings. The predicted molar refractivity (Wildman–Crippen MR) is 90.7 cm³/mol. The van der Waals surface area contributed by atoms with Crippen LogP contribution in [-0.4, -0.2) is 22.5 Å². The smallest absolute Gasteiger partial charge is 0.227 e. The second-order valence-corrected chi connectivity index (χ2v) is 7.52. The average molecular weight is 303 g/mol. The second kappa shape index (κ2) is 7.23. The minimum atomic E-state index is 0.145. The minimum Gasteiger partial charge on any atom is -0.326 e. The molecule has 1 heterocycles. The van der Waals surface area contributed by atoms with Crippen LogP contribution in [0.1, 0.15) is 53.4 Å². The molecule has 0 aliphatic heterocycles. The van der Waals surface area contributed by atoms with Crippen molar-refractivity contribution in [3.8, 4) is 0 Å². The molecule has 1 aromatic rings. The van der Waals surface area contributed by atoms with Gasteiger partial charge in [-0.1, -0.05) is 0 Å². The Morgan fingerprint density at radius 2 is 1.77 bits per heavy atom. The Bertz CT molecular complexity index is 473. The van der Waals surface area contributed by atoms with Crippen LogP contribution in [0.5, 0.6) is 0 Å². The molecule has 1 aliphatic carbocycles. The molecule has 2 rings (SSSR count). The van der Waals surface area contributed by atoms with Gasteiger partial charge in [0.15, 0.2) is 0 Å². The Hall–Kier alpha value is -1.42. The summed E-state index contributed by atoms with van der Waals surface area (Å²) >= 11 is 0. The largest absolute Gasteiger partial charge is 0.326 e. The molecule has 1 aromatic heterocycles. The molecule has 1 atom stereocenters. The lowest BCUT2D eigenvalue weighted by Crippen LogP contribution is -2.46. The molecular weight excluding hydrogens is 274 g/mol. The van der Waals surface area contributed by atoms with Gasteiger partial charge in [0.05, 0.1) is 0 Å². The van der Waals surface area contributed by atoms with Crippen molar-refractivity contribution < 1.29 is 4.79 Å². The summed E-state index contributed by atoms with van der Waals surface area (Å²) in [6.45, 7) is 8.89. The zero-order chi connectivity index (χ0) is 16.2. The van der Waals surface area contributed by atoms with Gasteiger partial charge >= 0.3 is 0 Å². The Labute approximate surface area is 134 Å². The van der Waals surface area contributed by atoms with Crippen molar-refractivity contribution in [2.24, 2.45) is 11.8 Å². The van der Waals surface area contributed by atoms with Crippen LogP contribution in [0.25, 0.3) is 0 Å². The number of rotatable bonds is 4. The van der Waals surface area contributed by atoms with Gasteiger partial charge in [-0.3, -0.25) is 9.78 Å². The van der Waals surface area contributed by atoms with E-state index in [-0.39, 0.29) is 17.4 Å². The van der Waals surface area contributed by atoms with Crippen LogP contribution in [0.15, 0.2) is 24.5 Å². The highest BCUT2D eigenvalue weighted by Gasteiger charge is 2.30. The quantitative estimate of drug-likeness (QED) is 0.893. The fraction of sp³-hybridized carbons (Fsp3) is 0.667. The molecular formula is C18H29N3O. The molecule has 0 bridgehead atoms. The number of pyridine rings is 1. The maximum Gasteiger partial charge on any atom is 0.227 e. The fourth-order valence-electron chi connectivity index (χ4n) is 3.36. The summed E-state index contributed by atoms with van der Waals surface area (Å²) in [5.41, 5.74) is 0.986. The maximum absolute atomic E-state index is 12.3. The number of hydrogen-bond acceptors (Lipinski definition) is 3. The fourth-order valence-corrected chi connectivity index (χ4v) is 3.36. The van der Waals surface area contributed by atoms with Gasteiger partial charge in [0.1, 0.15) is 0 Å². The van der Waals surface area contributed by atoms with Gasteiger partial charge in [-0.05, 0) is 71.4 Å². The number of carbonyl (C=O) groups excluding carboxylic acids is 1. The Balaban J connectivity index is 1.80. The van der Waals surface area contributed by atoms with Crippen molar-refractivity contribution in [2.75, 3.05) is 5.32 Å². The van der Waals surface area contributed by atoms with E-state index < -0.39 is 0 Å². The van der Waals surface area contributed by atoms with Gasteiger partial charge < -0.3 is 10.6 Å². The third-order valence-electron chi connectivity index (χ3n) is 4.46. The maximum atomic E-state index is 12.3. The molecule has 0 saturated heterocycles. The van der Waals surface area contributed by atoms with Crippen LogP contribution in [-0.2, 0) is 4.79 Å². The zero-order valence-electron chi connectivity index (χ0n) is 14.2. The van der Waals surface area contributed by atoms with Crippen molar-refractivity contribution >= 4 is 11.6 Å². The van der Waals surface area contributed by atoms with Crippen LogP contribution >= 0.6 is 0 Å². The number of aromatic nitrogens is 1. The number of nitrogens with one attached hydrogen (secondary N) is 2. The van der Waals surface area contributed by atoms with Crippen molar-refractivity contribution in [3.05, 3.63) is 24.5 Å². The normalized spacial score (nSPS) is 23.8. The van der Waals surface area contributed by atoms with E-state index >= 15 is 0 Å². The van der Waals surface area contributed by atoms with Crippen LogP contribution in [0.4, 0.5) is 5.69 Å². The number of anilines is 1. The highest BCUT2D eigenvalue weighted by Crippen LogP contribution is 2.32. The van der Waals surface area contributed by atoms with Gasteiger partial charge in [-0.15, -0.1) is 0 Å². The van der Waals surface area contributed by atoms with E-state index in [0.29, 0.717) is 12.0 Å². The first-order chi connectivity index (χ1) is 10.3. The van der Waals surface area contributed by atoms with Gasteiger partial charge in [0, 0.05) is 35.6 Å². The highest BCUT2D eigenvalue weighted by molar-refractivity contribution is 5.92. The first kappa shape index (κ1) is 16.9. The Morgan fingerprint density at radius 3 is 2.32 bits per heavy atom. The second-order valence-electron chi connectivity index (χ2n) is 7.52. The van der Waals surface area contributed by atoms with Crippen molar-refractivity contribution in [3.63, 3.8) is 0 Å². The highest BCUT2D eigenvalue weighted by atomic mass is 16.1. The summed E-state index contributed by atoms with van der Waals surface area (Å²) in [6, 6.07) is 4.17. The average Bonchev–Trinajstić information content (AvgIpc) is 2.46. The SMILES string of the molecule is CC(NC(C)(C)C)[C@H]1CC[C@H](C(=O)Nc2ccncc2)CC1. The van der Waals surface area contributed by atoms with E-state index in [1.165, 1.54) is 0 Å². The van der Waals surface area contributed by atoms with Gasteiger partial charge in [0.25, 0.3) is 0 Å². The Kier molecular flexibility index (Phi) is 5.57. The topological polar surface area (TPSA) is 54.0 Å². The molecule has 0 aromatic carbocycles. The predicted octanol–water partition coefficient (Wildman–Crippen LogP) is 3.60. The number of hydrogen-bond donors (Lipinski definition) is 2. The van der Waals surface area contributed by atoms with Crippen molar-refractivity contribution in [1.82, 2.24) is 10.3 Å². The van der Waals surface area contributed by atoms with Gasteiger partial charge in [-0.25, -0.2) is 0 Å². The molecule has 0 radical (unpaired) electrons. The summed E-state index contributed by atoms with van der Waals surface area (Å²) in [6.07, 6.45) is 7.62. The van der Waals surface area contributed by atoms with Crippen molar-refractivity contribution in [1.29, 1.82) is 0 Å². The molecule has 4 nitrogen and oxygen atoms in total. The lowest BCUT2D eigenvalue weighted by molar-refractivity contribution is -0.121. The van der Waals surface area contributed by atoms with Crippen molar-refractivity contribution in [2.45, 2.75) is 65.0 Å². The first-order valence-electron chi connectivity index (χ1n) is 8.34. The first-order valence-corrected chi connectivity index (χ1v) is 8.34. The monoisotopic (exact) mass is 303 g/mol. The number of amides is 1. The summed E-state index contributed by atoms with van der Waals surface area (Å²) < 4.78 is 0. The Morgan fingerprint density at radius 1 is 1.18 bits per heavy atom. The van der Waals surface area contributed by atoms with Crippen LogP contribution in [0.3, 0.4) is 0 Å². The van der Waals surface area contributed by atoms with E-state index in [2.05, 4.69) is 43.3 Å². The molecule has 122 valence electrons. The van der Waals surface area contributed by atoms with Crippen LogP contribution in [0.2, 0.25) is 0 Å². The van der Waals surface area contributed by atoms with E-state index in [9.17, 15) is 4.79 Å². The molecule has 1 unspecified atom stereocenters. The molecule has 1 aliphatic rings.